The van der Waals surface area contributed by atoms with E-state index in [-0.39, 0.29) is 46.5 Å². The van der Waals surface area contributed by atoms with Crippen LogP contribution in [0.25, 0.3) is 21.5 Å². The zero-order valence-corrected chi connectivity index (χ0v) is 22.9. The Hall–Kier alpha value is -1.05. The van der Waals surface area contributed by atoms with Gasteiger partial charge in [0, 0.05) is 0 Å². The number of rotatable bonds is 4. The van der Waals surface area contributed by atoms with Crippen molar-refractivity contribution in [2.75, 3.05) is 0 Å². The summed E-state index contributed by atoms with van der Waals surface area (Å²) in [5.41, 5.74) is 2.94. The number of halogens is 2. The molecule has 4 rings (SSSR count). The van der Waals surface area contributed by atoms with Gasteiger partial charge in [-0.15, -0.1) is 81.2 Å². The summed E-state index contributed by atoms with van der Waals surface area (Å²) in [4.78, 5) is 0. The van der Waals surface area contributed by atoms with Gasteiger partial charge in [-0.1, -0.05) is 39.8 Å². The van der Waals surface area contributed by atoms with E-state index in [1.165, 1.54) is 45.5 Å². The minimum Gasteiger partial charge on any atom is -1.00 e. The molecule has 0 saturated carbocycles. The smallest absolute Gasteiger partial charge is 1.00 e. The molecule has 0 radical (unpaired) electrons. The van der Waals surface area contributed by atoms with E-state index in [2.05, 4.69) is 114 Å². The number of hydrogen-bond acceptors (Lipinski definition) is 0. The Balaban J connectivity index is 0. The molecule has 4 aromatic carbocycles. The second kappa shape index (κ2) is 17.4. The molecule has 0 aliphatic rings. The van der Waals surface area contributed by atoms with Crippen molar-refractivity contribution in [3.63, 3.8) is 0 Å². The predicted octanol–water partition coefficient (Wildman–Crippen LogP) is 2.56. The minimum absolute atomic E-state index is 0. The second-order valence-electron chi connectivity index (χ2n) is 8.53. The third-order valence-corrected chi connectivity index (χ3v) is 4.64. The first kappa shape index (κ1) is 33.1. The zero-order valence-electron chi connectivity index (χ0n) is 19.9. The predicted molar refractivity (Wildman–Crippen MR) is 131 cm³/mol. The molecule has 0 unspecified atom stereocenters. The van der Waals surface area contributed by atoms with Crippen molar-refractivity contribution in [2.45, 2.75) is 47.0 Å². The zero-order chi connectivity index (χ0) is 21.2. The van der Waals surface area contributed by atoms with Crippen LogP contribution in [0.1, 0.15) is 45.2 Å². The third-order valence-electron chi connectivity index (χ3n) is 4.64. The summed E-state index contributed by atoms with van der Waals surface area (Å²) in [6, 6.07) is 26.3. The molecule has 0 N–H and O–H groups in total. The first-order valence-corrected chi connectivity index (χ1v) is 10.8. The molecule has 0 aliphatic carbocycles. The van der Waals surface area contributed by atoms with Crippen LogP contribution in [0.2, 0.25) is 0 Å². The number of hydrogen-bond donors (Lipinski definition) is 0. The molecule has 174 valence electrons. The molecule has 4 aromatic rings. The summed E-state index contributed by atoms with van der Waals surface area (Å²) in [5, 5.41) is 5.49. The van der Waals surface area contributed by atoms with Crippen molar-refractivity contribution in [3.05, 3.63) is 97.8 Å². The van der Waals surface area contributed by atoms with Gasteiger partial charge in [0.25, 0.3) is 0 Å². The van der Waals surface area contributed by atoms with Crippen molar-refractivity contribution < 1.29 is 46.5 Å². The molecule has 0 aliphatic heterocycles. The summed E-state index contributed by atoms with van der Waals surface area (Å²) in [5.74, 6) is 1.49. The Kier molecular flexibility index (Phi) is 18.0. The van der Waals surface area contributed by atoms with Crippen LogP contribution in [-0.2, 0) is 34.6 Å². The van der Waals surface area contributed by atoms with E-state index in [1.807, 2.05) is 0 Å². The van der Waals surface area contributed by atoms with E-state index in [1.54, 1.807) is 0 Å². The van der Waals surface area contributed by atoms with Crippen molar-refractivity contribution >= 4 is 21.5 Å². The van der Waals surface area contributed by atoms with Gasteiger partial charge in [-0.2, -0.15) is 12.1 Å². The fourth-order valence-electron chi connectivity index (χ4n) is 3.61. The summed E-state index contributed by atoms with van der Waals surface area (Å²) in [6.07, 6.45) is 3.13. The molecular weight excluding hydrogens is 467 g/mol. The van der Waals surface area contributed by atoms with E-state index in [9.17, 15) is 0 Å². The van der Waals surface area contributed by atoms with E-state index in [0.29, 0.717) is 0 Å². The fraction of sp³-hybridized carbons (Fsp3) is 0.310. The molecule has 32 heavy (non-hydrogen) atoms. The van der Waals surface area contributed by atoms with E-state index in [4.69, 9.17) is 0 Å². The maximum absolute atomic E-state index is 3.38. The van der Waals surface area contributed by atoms with Gasteiger partial charge in [0.05, 0.1) is 0 Å². The van der Waals surface area contributed by atoms with Crippen LogP contribution in [0.4, 0.5) is 0 Å². The summed E-state index contributed by atoms with van der Waals surface area (Å²) in [6.45, 7) is 15.8. The van der Waals surface area contributed by atoms with Gasteiger partial charge in [-0.3, -0.25) is 0 Å². The molecule has 0 nitrogen and oxygen atoms in total. The molecule has 0 bridgehead atoms. The molecule has 0 saturated heterocycles. The van der Waals surface area contributed by atoms with Crippen molar-refractivity contribution in [1.82, 2.24) is 0 Å². The summed E-state index contributed by atoms with van der Waals surface area (Å²) in [7, 11) is 0. The molecule has 0 heterocycles. The van der Waals surface area contributed by atoms with Gasteiger partial charge < -0.3 is 45.1 Å². The molecule has 0 atom stereocenters. The van der Waals surface area contributed by atoms with Crippen LogP contribution >= 0.6 is 0 Å². The topological polar surface area (TPSA) is 0 Å². The average molecular weight is 503 g/mol. The monoisotopic (exact) mass is 502 g/mol. The van der Waals surface area contributed by atoms with Gasteiger partial charge >= 0.3 is 21.7 Å². The van der Waals surface area contributed by atoms with Crippen LogP contribution < -0.4 is 24.8 Å². The molecular formula is C29H36Cl2Ti-4. The van der Waals surface area contributed by atoms with E-state index < -0.39 is 0 Å². The Morgan fingerprint density at radius 3 is 1.25 bits per heavy atom. The van der Waals surface area contributed by atoms with Gasteiger partial charge in [0.2, 0.25) is 0 Å². The molecule has 0 spiro atoms. The van der Waals surface area contributed by atoms with Crippen LogP contribution in [-0.4, -0.2) is 0 Å². The average Bonchev–Trinajstić information content (AvgIpc) is 3.24. The SMILES string of the molecule is CC(C)Cc1cc2ccccc2[cH-]1.CC(C)Cc1cc2ccccc2[cH-]1.[CH2-]C[CH2-].[Cl-].[Cl-].[Ti+2]. The van der Waals surface area contributed by atoms with Crippen LogP contribution in [0.15, 0.2) is 72.8 Å². The van der Waals surface area contributed by atoms with Crippen molar-refractivity contribution in [1.29, 1.82) is 0 Å². The summed E-state index contributed by atoms with van der Waals surface area (Å²) < 4.78 is 0. The Morgan fingerprint density at radius 1 is 0.656 bits per heavy atom. The minimum atomic E-state index is 0. The Morgan fingerprint density at radius 2 is 0.969 bits per heavy atom. The maximum atomic E-state index is 3.38. The van der Waals surface area contributed by atoms with E-state index >= 15 is 0 Å². The van der Waals surface area contributed by atoms with E-state index in [0.717, 1.165) is 18.3 Å². The standard InChI is InChI=1S/2C13H15.C3H6.2ClH.Ti/c2*1-10(2)7-11-8-12-5-3-4-6-13(12)9-11;1-3-2;;;/h2*3-6,8-10H,7H2,1-2H3;1-3H2;2*1H;/q2*-1;-2;;;+2/p-2. The van der Waals surface area contributed by atoms with Gasteiger partial charge in [0.15, 0.2) is 0 Å². The van der Waals surface area contributed by atoms with Gasteiger partial charge in [0.1, 0.15) is 0 Å². The molecule has 0 aromatic heterocycles. The Labute approximate surface area is 223 Å². The van der Waals surface area contributed by atoms with Crippen LogP contribution in [0.3, 0.4) is 0 Å². The van der Waals surface area contributed by atoms with Crippen LogP contribution in [0.5, 0.6) is 0 Å². The van der Waals surface area contributed by atoms with Gasteiger partial charge in [-0.05, 0) is 24.7 Å². The van der Waals surface area contributed by atoms with Crippen molar-refractivity contribution in [2.24, 2.45) is 11.8 Å². The fourth-order valence-corrected chi connectivity index (χ4v) is 3.61. The summed E-state index contributed by atoms with van der Waals surface area (Å²) >= 11 is 0. The molecule has 3 heteroatoms. The largest absolute Gasteiger partial charge is 2.00 e. The normalized spacial score (nSPS) is 9.75. The maximum Gasteiger partial charge on any atom is 2.00 e. The first-order chi connectivity index (χ1) is 13.9. The second-order valence-corrected chi connectivity index (χ2v) is 8.53. The first-order valence-electron chi connectivity index (χ1n) is 10.8. The quantitative estimate of drug-likeness (QED) is 0.297. The number of benzene rings is 2. The number of fused-ring (bicyclic) bond motifs is 2. The van der Waals surface area contributed by atoms with Crippen molar-refractivity contribution in [3.8, 4) is 0 Å². The third kappa shape index (κ3) is 11.2. The molecule has 0 amide bonds. The molecule has 0 fully saturated rings. The van der Waals surface area contributed by atoms with Crippen LogP contribution in [0, 0.1) is 25.7 Å². The van der Waals surface area contributed by atoms with Gasteiger partial charge in [-0.25, -0.2) is 0 Å². The Bertz CT molecular complexity index is 833.